The second kappa shape index (κ2) is 7.73. The van der Waals surface area contributed by atoms with Crippen molar-refractivity contribution in [3.63, 3.8) is 0 Å². The molecule has 0 radical (unpaired) electrons. The molecule has 0 saturated carbocycles. The average Bonchev–Trinajstić information content (AvgIpc) is 3.39. The highest BCUT2D eigenvalue weighted by Gasteiger charge is 2.44. The Bertz CT molecular complexity index is 608. The summed E-state index contributed by atoms with van der Waals surface area (Å²) in [6.45, 7) is 3.04. The minimum absolute atomic E-state index is 0.00207. The van der Waals surface area contributed by atoms with Gasteiger partial charge in [-0.25, -0.2) is 0 Å². The smallest absolute Gasteiger partial charge is 0.246 e. The first kappa shape index (κ1) is 18.8. The Morgan fingerprint density at radius 1 is 0.769 bits per heavy atom. The first-order valence-electron chi connectivity index (χ1n) is 9.56. The zero-order valence-corrected chi connectivity index (χ0v) is 15.4. The molecule has 144 valence electrons. The lowest BCUT2D eigenvalue weighted by atomic mass is 10.1. The Morgan fingerprint density at radius 3 is 1.69 bits per heavy atom. The molecule has 3 heterocycles. The molecular formula is C18H28N4O4. The highest BCUT2D eigenvalue weighted by atomic mass is 16.2. The Kier molecular flexibility index (Phi) is 5.60. The molecule has 8 nitrogen and oxygen atoms in total. The van der Waals surface area contributed by atoms with E-state index in [4.69, 9.17) is 5.73 Å². The third kappa shape index (κ3) is 3.34. The topological polar surface area (TPSA) is 104 Å². The first-order chi connectivity index (χ1) is 12.5. The van der Waals surface area contributed by atoms with Crippen molar-refractivity contribution in [1.29, 1.82) is 0 Å². The number of rotatable bonds is 4. The molecule has 2 N–H and O–H groups in total. The van der Waals surface area contributed by atoms with E-state index in [1.807, 2.05) is 0 Å². The van der Waals surface area contributed by atoms with Gasteiger partial charge in [0.05, 0.1) is 12.6 Å². The molecule has 0 spiro atoms. The molecule has 3 atom stereocenters. The normalized spacial score (nSPS) is 28.7. The molecule has 3 rings (SSSR count). The molecule has 3 aliphatic rings. The summed E-state index contributed by atoms with van der Waals surface area (Å²) in [5.41, 5.74) is 5.46. The van der Waals surface area contributed by atoms with E-state index in [9.17, 15) is 19.2 Å². The second-order valence-corrected chi connectivity index (χ2v) is 7.44. The molecule has 0 aromatic rings. The fourth-order valence-electron chi connectivity index (χ4n) is 4.56. The van der Waals surface area contributed by atoms with Crippen molar-refractivity contribution in [3.05, 3.63) is 0 Å². The van der Waals surface area contributed by atoms with Crippen molar-refractivity contribution in [1.82, 2.24) is 14.7 Å². The van der Waals surface area contributed by atoms with Gasteiger partial charge >= 0.3 is 0 Å². The van der Waals surface area contributed by atoms with Crippen molar-refractivity contribution < 1.29 is 19.2 Å². The van der Waals surface area contributed by atoms with Crippen molar-refractivity contribution in [2.24, 2.45) is 5.73 Å². The first-order valence-corrected chi connectivity index (χ1v) is 9.56. The maximum atomic E-state index is 13.1. The summed E-state index contributed by atoms with van der Waals surface area (Å²) in [5.74, 6) is -0.497. The van der Waals surface area contributed by atoms with E-state index in [2.05, 4.69) is 0 Å². The number of hydrogen-bond acceptors (Lipinski definition) is 5. The molecule has 0 bridgehead atoms. The Balaban J connectivity index is 1.73. The lowest BCUT2D eigenvalue weighted by Crippen LogP contribution is -2.55. The molecular weight excluding hydrogens is 336 g/mol. The fourth-order valence-corrected chi connectivity index (χ4v) is 4.56. The van der Waals surface area contributed by atoms with Crippen molar-refractivity contribution in [3.8, 4) is 0 Å². The van der Waals surface area contributed by atoms with Gasteiger partial charge < -0.3 is 20.4 Å². The number of nitrogens with zero attached hydrogens (tertiary/aromatic N) is 3. The van der Waals surface area contributed by atoms with E-state index >= 15 is 0 Å². The van der Waals surface area contributed by atoms with E-state index in [1.54, 1.807) is 14.7 Å². The number of nitrogens with two attached hydrogens (primary N) is 1. The monoisotopic (exact) mass is 364 g/mol. The number of Topliss-reactive ketones (excluding diaryl/α,β-unsaturated/α-hetero) is 1. The van der Waals surface area contributed by atoms with Gasteiger partial charge in [-0.1, -0.05) is 0 Å². The summed E-state index contributed by atoms with van der Waals surface area (Å²) in [6.07, 6.45) is 4.28. The molecule has 0 aliphatic carbocycles. The van der Waals surface area contributed by atoms with Gasteiger partial charge in [-0.3, -0.25) is 19.2 Å². The van der Waals surface area contributed by atoms with Gasteiger partial charge in [-0.2, -0.15) is 0 Å². The van der Waals surface area contributed by atoms with Crippen molar-refractivity contribution in [2.45, 2.75) is 63.6 Å². The maximum absolute atomic E-state index is 13.1. The van der Waals surface area contributed by atoms with Gasteiger partial charge in [0.2, 0.25) is 17.7 Å². The van der Waals surface area contributed by atoms with Gasteiger partial charge in [-0.05, 0) is 45.4 Å². The number of ketones is 1. The van der Waals surface area contributed by atoms with Gasteiger partial charge in [0.15, 0.2) is 5.78 Å². The molecule has 3 fully saturated rings. The lowest BCUT2D eigenvalue weighted by Gasteiger charge is -2.33. The standard InChI is InChI=1S/C18H28N4O4/c1-12(23)13-5-2-9-21(13)18(26)15-7-4-10-22(15)17(25)14-6-3-8-20(14)16(24)11-19/h13-15H,2-11,19H2,1H3. The van der Waals surface area contributed by atoms with Gasteiger partial charge in [0, 0.05) is 19.6 Å². The van der Waals surface area contributed by atoms with Crippen molar-refractivity contribution in [2.75, 3.05) is 26.2 Å². The summed E-state index contributed by atoms with van der Waals surface area (Å²) in [6, 6.07) is -1.39. The van der Waals surface area contributed by atoms with E-state index in [1.165, 1.54) is 6.92 Å². The SMILES string of the molecule is CC(=O)C1CCCN1C(=O)C1CCCN1C(=O)C1CCCN1C(=O)CN. The van der Waals surface area contributed by atoms with Crippen LogP contribution in [0.5, 0.6) is 0 Å². The molecule has 0 aromatic carbocycles. The van der Waals surface area contributed by atoms with Gasteiger partial charge in [-0.15, -0.1) is 0 Å². The molecule has 0 aromatic heterocycles. The minimum Gasteiger partial charge on any atom is -0.331 e. The Hall–Kier alpha value is -1.96. The fraction of sp³-hybridized carbons (Fsp3) is 0.778. The van der Waals surface area contributed by atoms with Crippen molar-refractivity contribution >= 4 is 23.5 Å². The predicted molar refractivity (Wildman–Crippen MR) is 93.9 cm³/mol. The second-order valence-electron chi connectivity index (χ2n) is 7.44. The molecule has 26 heavy (non-hydrogen) atoms. The van der Waals surface area contributed by atoms with Crippen LogP contribution in [0.1, 0.15) is 45.4 Å². The zero-order valence-electron chi connectivity index (χ0n) is 15.4. The summed E-state index contributed by atoms with van der Waals surface area (Å²) >= 11 is 0. The highest BCUT2D eigenvalue weighted by Crippen LogP contribution is 2.28. The molecule has 3 saturated heterocycles. The van der Waals surface area contributed by atoms with Crippen LogP contribution in [0.2, 0.25) is 0 Å². The van der Waals surface area contributed by atoms with Gasteiger partial charge in [0.25, 0.3) is 0 Å². The number of hydrogen-bond donors (Lipinski definition) is 1. The molecule has 3 amide bonds. The number of carbonyl (C=O) groups is 4. The predicted octanol–water partition coefficient (Wildman–Crippen LogP) is -0.493. The highest BCUT2D eigenvalue weighted by molar-refractivity contribution is 5.95. The van der Waals surface area contributed by atoms with E-state index in [-0.39, 0.29) is 36.1 Å². The third-order valence-corrected chi connectivity index (χ3v) is 5.86. The molecule has 8 heteroatoms. The number of amides is 3. The van der Waals surface area contributed by atoms with Crippen LogP contribution >= 0.6 is 0 Å². The Labute approximate surface area is 153 Å². The maximum Gasteiger partial charge on any atom is 0.246 e. The van der Waals surface area contributed by atoms with E-state index in [0.29, 0.717) is 38.9 Å². The average molecular weight is 364 g/mol. The van der Waals surface area contributed by atoms with E-state index < -0.39 is 12.1 Å². The van der Waals surface area contributed by atoms with Crippen LogP contribution in [0.4, 0.5) is 0 Å². The quantitative estimate of drug-likeness (QED) is 0.725. The largest absolute Gasteiger partial charge is 0.331 e. The van der Waals surface area contributed by atoms with Gasteiger partial charge in [0.1, 0.15) is 12.1 Å². The summed E-state index contributed by atoms with van der Waals surface area (Å²) < 4.78 is 0. The molecule has 3 aliphatic heterocycles. The molecule has 3 unspecified atom stereocenters. The third-order valence-electron chi connectivity index (χ3n) is 5.86. The van der Waals surface area contributed by atoms with Crippen LogP contribution in [-0.4, -0.2) is 82.5 Å². The summed E-state index contributed by atoms with van der Waals surface area (Å²) in [7, 11) is 0. The number of likely N-dealkylation sites (tertiary alicyclic amines) is 3. The van der Waals surface area contributed by atoms with Crippen LogP contribution in [-0.2, 0) is 19.2 Å². The Morgan fingerprint density at radius 2 is 1.19 bits per heavy atom. The summed E-state index contributed by atoms with van der Waals surface area (Å²) in [5, 5.41) is 0. The van der Waals surface area contributed by atoms with E-state index in [0.717, 1.165) is 19.3 Å². The van der Waals surface area contributed by atoms with Crippen LogP contribution in [0.3, 0.4) is 0 Å². The van der Waals surface area contributed by atoms with Crippen LogP contribution < -0.4 is 5.73 Å². The summed E-state index contributed by atoms with van der Waals surface area (Å²) in [4.78, 5) is 54.8. The number of carbonyl (C=O) groups excluding carboxylic acids is 4. The van der Waals surface area contributed by atoms with Crippen LogP contribution in [0.25, 0.3) is 0 Å². The minimum atomic E-state index is -0.516. The lowest BCUT2D eigenvalue weighted by molar-refractivity contribution is -0.149. The van der Waals surface area contributed by atoms with Crippen LogP contribution in [0.15, 0.2) is 0 Å². The van der Waals surface area contributed by atoms with Crippen LogP contribution in [0, 0.1) is 0 Å². The zero-order chi connectivity index (χ0) is 18.8.